The number of hydrogen-bond acceptors (Lipinski definition) is 4. The predicted molar refractivity (Wildman–Crippen MR) is 101 cm³/mol. The van der Waals surface area contributed by atoms with E-state index < -0.39 is 0 Å². The molecule has 0 saturated heterocycles. The monoisotopic (exact) mass is 351 g/mol. The quantitative estimate of drug-likeness (QED) is 0.686. The van der Waals surface area contributed by atoms with Gasteiger partial charge in [0.15, 0.2) is 5.76 Å². The summed E-state index contributed by atoms with van der Waals surface area (Å²) in [5.41, 5.74) is 4.80. The smallest absolute Gasteiger partial charge is 0.338 e. The molecule has 5 nitrogen and oxygen atoms in total. The van der Waals surface area contributed by atoms with Gasteiger partial charge >= 0.3 is 5.97 Å². The first-order chi connectivity index (χ1) is 12.4. The molecule has 0 atom stereocenters. The molecule has 0 radical (unpaired) electrons. The zero-order valence-electron chi connectivity index (χ0n) is 15.3. The van der Waals surface area contributed by atoms with E-state index in [4.69, 9.17) is 9.15 Å². The summed E-state index contributed by atoms with van der Waals surface area (Å²) in [7, 11) is 0. The van der Waals surface area contributed by atoms with Gasteiger partial charge in [0.1, 0.15) is 5.58 Å². The van der Waals surface area contributed by atoms with Crippen molar-refractivity contribution in [2.75, 3.05) is 11.9 Å². The van der Waals surface area contributed by atoms with Gasteiger partial charge in [-0.15, -0.1) is 0 Å². The minimum absolute atomic E-state index is 0.291. The Morgan fingerprint density at radius 2 is 1.69 bits per heavy atom. The van der Waals surface area contributed by atoms with Gasteiger partial charge in [-0.05, 0) is 75.2 Å². The number of ether oxygens (including phenoxy) is 1. The van der Waals surface area contributed by atoms with Gasteiger partial charge in [0, 0.05) is 16.6 Å². The molecule has 5 heteroatoms. The van der Waals surface area contributed by atoms with Crippen LogP contribution in [0.1, 0.15) is 44.5 Å². The van der Waals surface area contributed by atoms with E-state index in [1.165, 1.54) is 0 Å². The standard InChI is InChI=1S/C21H21NO4/c1-5-25-21(24)15-6-8-16(9-7-15)22-20(23)19-14(4)17-10-12(2)13(3)11-18(17)26-19/h6-11H,5H2,1-4H3,(H,22,23). The molecule has 0 fully saturated rings. The molecule has 0 unspecified atom stereocenters. The number of carbonyl (C=O) groups excluding carboxylic acids is 2. The van der Waals surface area contributed by atoms with E-state index in [2.05, 4.69) is 5.32 Å². The topological polar surface area (TPSA) is 68.5 Å². The molecule has 0 aliphatic carbocycles. The van der Waals surface area contributed by atoms with Crippen LogP contribution in [0.5, 0.6) is 0 Å². The van der Waals surface area contributed by atoms with Crippen molar-refractivity contribution < 1.29 is 18.7 Å². The summed E-state index contributed by atoms with van der Waals surface area (Å²) in [5.74, 6) is -0.415. The van der Waals surface area contributed by atoms with Gasteiger partial charge in [-0.3, -0.25) is 4.79 Å². The van der Waals surface area contributed by atoms with Crippen LogP contribution in [0, 0.1) is 20.8 Å². The molecule has 1 amide bonds. The summed E-state index contributed by atoms with van der Waals surface area (Å²) in [6.07, 6.45) is 0. The highest BCUT2D eigenvalue weighted by molar-refractivity contribution is 6.06. The zero-order chi connectivity index (χ0) is 18.8. The molecule has 1 aromatic heterocycles. The number of anilines is 1. The van der Waals surface area contributed by atoms with Crippen LogP contribution in [-0.2, 0) is 4.74 Å². The first kappa shape index (κ1) is 17.7. The minimum Gasteiger partial charge on any atom is -0.462 e. The fourth-order valence-electron chi connectivity index (χ4n) is 2.78. The average Bonchev–Trinajstić information content (AvgIpc) is 2.92. The van der Waals surface area contributed by atoms with Crippen molar-refractivity contribution in [3.8, 4) is 0 Å². The highest BCUT2D eigenvalue weighted by Crippen LogP contribution is 2.28. The second kappa shape index (κ2) is 7.04. The lowest BCUT2D eigenvalue weighted by Gasteiger charge is -2.05. The van der Waals surface area contributed by atoms with E-state index in [1.807, 2.05) is 32.9 Å². The van der Waals surface area contributed by atoms with Crippen molar-refractivity contribution in [1.29, 1.82) is 0 Å². The molecule has 26 heavy (non-hydrogen) atoms. The van der Waals surface area contributed by atoms with Crippen LogP contribution in [-0.4, -0.2) is 18.5 Å². The van der Waals surface area contributed by atoms with E-state index in [0.717, 1.165) is 22.1 Å². The molecule has 1 heterocycles. The lowest BCUT2D eigenvalue weighted by molar-refractivity contribution is 0.0526. The third-order valence-corrected chi connectivity index (χ3v) is 4.41. The number of nitrogens with one attached hydrogen (secondary N) is 1. The molecule has 2 aromatic carbocycles. The Bertz CT molecular complexity index is 983. The highest BCUT2D eigenvalue weighted by Gasteiger charge is 2.18. The molecule has 0 saturated carbocycles. The van der Waals surface area contributed by atoms with Crippen LogP contribution >= 0.6 is 0 Å². The number of furan rings is 1. The van der Waals surface area contributed by atoms with Crippen molar-refractivity contribution in [3.63, 3.8) is 0 Å². The van der Waals surface area contributed by atoms with Gasteiger partial charge in [0.25, 0.3) is 5.91 Å². The third kappa shape index (κ3) is 3.33. The van der Waals surface area contributed by atoms with E-state index in [0.29, 0.717) is 29.2 Å². The number of hydrogen-bond donors (Lipinski definition) is 1. The Kier molecular flexibility index (Phi) is 4.80. The molecule has 3 rings (SSSR count). The molecule has 1 N–H and O–H groups in total. The normalized spacial score (nSPS) is 10.8. The summed E-state index contributed by atoms with van der Waals surface area (Å²) in [4.78, 5) is 24.3. The maximum atomic E-state index is 12.6. The Hall–Kier alpha value is -3.08. The Morgan fingerprint density at radius 1 is 1.04 bits per heavy atom. The summed E-state index contributed by atoms with van der Waals surface area (Å²) >= 11 is 0. The predicted octanol–water partition coefficient (Wildman–Crippen LogP) is 4.79. The van der Waals surface area contributed by atoms with Crippen LogP contribution in [0.25, 0.3) is 11.0 Å². The average molecular weight is 351 g/mol. The highest BCUT2D eigenvalue weighted by atomic mass is 16.5. The maximum Gasteiger partial charge on any atom is 0.338 e. The van der Waals surface area contributed by atoms with Crippen LogP contribution < -0.4 is 5.32 Å². The van der Waals surface area contributed by atoms with Gasteiger partial charge in [-0.2, -0.15) is 0 Å². The summed E-state index contributed by atoms with van der Waals surface area (Å²) < 4.78 is 10.7. The first-order valence-corrected chi connectivity index (χ1v) is 8.49. The van der Waals surface area contributed by atoms with Gasteiger partial charge in [0.05, 0.1) is 12.2 Å². The fraction of sp³-hybridized carbons (Fsp3) is 0.238. The second-order valence-corrected chi connectivity index (χ2v) is 6.24. The minimum atomic E-state index is -0.385. The van der Waals surface area contributed by atoms with Crippen molar-refractivity contribution in [3.05, 3.63) is 64.4 Å². The number of amides is 1. The number of fused-ring (bicyclic) bond motifs is 1. The SMILES string of the molecule is CCOC(=O)c1ccc(NC(=O)c2oc3cc(C)c(C)cc3c2C)cc1. The van der Waals surface area contributed by atoms with Crippen molar-refractivity contribution >= 4 is 28.5 Å². The number of esters is 1. The maximum absolute atomic E-state index is 12.6. The van der Waals surface area contributed by atoms with Crippen molar-refractivity contribution in [2.24, 2.45) is 0 Å². The van der Waals surface area contributed by atoms with Crippen LogP contribution in [0.3, 0.4) is 0 Å². The summed E-state index contributed by atoms with van der Waals surface area (Å²) in [6.45, 7) is 8.00. The van der Waals surface area contributed by atoms with Gasteiger partial charge in [0.2, 0.25) is 0 Å². The molecule has 0 aliphatic rings. The van der Waals surface area contributed by atoms with Crippen molar-refractivity contribution in [1.82, 2.24) is 0 Å². The molecular formula is C21H21NO4. The Morgan fingerprint density at radius 3 is 2.35 bits per heavy atom. The second-order valence-electron chi connectivity index (χ2n) is 6.24. The van der Waals surface area contributed by atoms with E-state index in [1.54, 1.807) is 31.2 Å². The zero-order valence-corrected chi connectivity index (χ0v) is 15.3. The molecule has 0 bridgehead atoms. The Balaban J connectivity index is 1.83. The first-order valence-electron chi connectivity index (χ1n) is 8.49. The largest absolute Gasteiger partial charge is 0.462 e. The molecule has 0 spiro atoms. The van der Waals surface area contributed by atoms with E-state index >= 15 is 0 Å². The van der Waals surface area contributed by atoms with Crippen LogP contribution in [0.2, 0.25) is 0 Å². The number of carbonyl (C=O) groups is 2. The van der Waals surface area contributed by atoms with Crippen LogP contribution in [0.15, 0.2) is 40.8 Å². The molecule has 134 valence electrons. The number of aryl methyl sites for hydroxylation is 3. The lowest BCUT2D eigenvalue weighted by atomic mass is 10.0. The number of benzene rings is 2. The number of rotatable bonds is 4. The fourth-order valence-corrected chi connectivity index (χ4v) is 2.78. The molecule has 3 aromatic rings. The summed E-state index contributed by atoms with van der Waals surface area (Å²) in [6, 6.07) is 10.5. The lowest BCUT2D eigenvalue weighted by Crippen LogP contribution is -2.12. The molecule has 0 aliphatic heterocycles. The van der Waals surface area contributed by atoms with E-state index in [-0.39, 0.29) is 11.9 Å². The van der Waals surface area contributed by atoms with Gasteiger partial charge in [-0.1, -0.05) is 0 Å². The Labute approximate surface area is 152 Å². The van der Waals surface area contributed by atoms with Crippen molar-refractivity contribution in [2.45, 2.75) is 27.7 Å². The third-order valence-electron chi connectivity index (χ3n) is 4.41. The summed E-state index contributed by atoms with van der Waals surface area (Å²) in [5, 5.41) is 3.74. The van der Waals surface area contributed by atoms with Gasteiger partial charge < -0.3 is 14.5 Å². The van der Waals surface area contributed by atoms with Crippen LogP contribution in [0.4, 0.5) is 5.69 Å². The van der Waals surface area contributed by atoms with E-state index in [9.17, 15) is 9.59 Å². The molecular weight excluding hydrogens is 330 g/mol. The van der Waals surface area contributed by atoms with Gasteiger partial charge in [-0.25, -0.2) is 4.79 Å².